The molecule has 0 bridgehead atoms. The number of Topliss-reactive ketones (excluding diaryl/α,β-unsaturated/α-hetero) is 1. The first-order valence-electron chi connectivity index (χ1n) is 7.68. The summed E-state index contributed by atoms with van der Waals surface area (Å²) >= 11 is 0. The fourth-order valence-electron chi connectivity index (χ4n) is 3.18. The summed E-state index contributed by atoms with van der Waals surface area (Å²) in [5.74, 6) is -0.878. The first-order chi connectivity index (χ1) is 11.0. The van der Waals surface area contributed by atoms with Crippen LogP contribution in [0, 0.1) is 6.92 Å². The number of para-hydroxylation sites is 1. The van der Waals surface area contributed by atoms with Gasteiger partial charge in [0, 0.05) is 22.5 Å². The Balaban J connectivity index is 1.88. The summed E-state index contributed by atoms with van der Waals surface area (Å²) in [6.07, 6.45) is 1.13. The van der Waals surface area contributed by atoms with Crippen molar-refractivity contribution >= 4 is 27.6 Å². The van der Waals surface area contributed by atoms with Gasteiger partial charge in [-0.1, -0.05) is 18.2 Å². The van der Waals surface area contributed by atoms with Crippen LogP contribution in [0.5, 0.6) is 0 Å². The predicted molar refractivity (Wildman–Crippen MR) is 87.6 cm³/mol. The summed E-state index contributed by atoms with van der Waals surface area (Å²) in [6, 6.07) is 8.01. The van der Waals surface area contributed by atoms with Crippen molar-refractivity contribution in [3.63, 3.8) is 0 Å². The van der Waals surface area contributed by atoms with Crippen LogP contribution in [-0.2, 0) is 9.47 Å². The summed E-state index contributed by atoms with van der Waals surface area (Å²) in [5, 5.41) is 2.14. The van der Waals surface area contributed by atoms with E-state index in [1.54, 1.807) is 20.0 Å². The number of ketones is 1. The molecule has 0 aliphatic carbocycles. The third-order valence-electron chi connectivity index (χ3n) is 4.26. The minimum Gasteiger partial charge on any atom is -0.353 e. The second kappa shape index (κ2) is 4.88. The number of nitrogens with one attached hydrogen (secondary N) is 1. The molecule has 0 amide bonds. The van der Waals surface area contributed by atoms with Crippen molar-refractivity contribution in [3.05, 3.63) is 41.7 Å². The van der Waals surface area contributed by atoms with Crippen molar-refractivity contribution in [2.75, 3.05) is 6.61 Å². The Bertz CT molecular complexity index is 927. The summed E-state index contributed by atoms with van der Waals surface area (Å²) in [7, 11) is 0. The third-order valence-corrected chi connectivity index (χ3v) is 4.26. The largest absolute Gasteiger partial charge is 0.353 e. The van der Waals surface area contributed by atoms with Crippen molar-refractivity contribution < 1.29 is 14.3 Å². The van der Waals surface area contributed by atoms with Gasteiger partial charge in [0.2, 0.25) is 5.78 Å². The molecule has 0 unspecified atom stereocenters. The van der Waals surface area contributed by atoms with Crippen LogP contribution in [0.2, 0.25) is 0 Å². The lowest BCUT2D eigenvalue weighted by atomic mass is 10.1. The second-order valence-corrected chi connectivity index (χ2v) is 6.39. The lowest BCUT2D eigenvalue weighted by molar-refractivity contribution is -0.133. The lowest BCUT2D eigenvalue weighted by Crippen LogP contribution is -2.27. The highest BCUT2D eigenvalue weighted by Crippen LogP contribution is 2.31. The number of hydrogen-bond acceptors (Lipinski definition) is 4. The minimum atomic E-state index is -0.732. The van der Waals surface area contributed by atoms with Crippen LogP contribution >= 0.6 is 0 Å². The molecule has 1 aromatic carbocycles. The Kier molecular flexibility index (Phi) is 3.04. The average Bonchev–Trinajstić information content (AvgIpc) is 3.07. The first kappa shape index (κ1) is 14.4. The van der Waals surface area contributed by atoms with Gasteiger partial charge < -0.3 is 14.5 Å². The number of pyridine rings is 1. The normalized spacial score (nSPS) is 20.4. The van der Waals surface area contributed by atoms with E-state index in [9.17, 15) is 4.79 Å². The van der Waals surface area contributed by atoms with E-state index in [-0.39, 0.29) is 12.4 Å². The van der Waals surface area contributed by atoms with Crippen molar-refractivity contribution in [2.45, 2.75) is 32.7 Å². The summed E-state index contributed by atoms with van der Waals surface area (Å²) in [4.78, 5) is 20.6. The number of H-pyrrole nitrogens is 1. The SMILES string of the molecule is Cc1cnc(C(=O)[C@@H]2COC(C)(C)O2)c2[nH]c3ccccc3c12. The first-order valence-corrected chi connectivity index (χ1v) is 7.68. The number of aromatic nitrogens is 2. The van der Waals surface area contributed by atoms with Crippen molar-refractivity contribution in [2.24, 2.45) is 0 Å². The number of aryl methyl sites for hydroxylation is 1. The van der Waals surface area contributed by atoms with Gasteiger partial charge in [0.05, 0.1) is 12.1 Å². The lowest BCUT2D eigenvalue weighted by Gasteiger charge is -2.16. The number of benzene rings is 1. The van der Waals surface area contributed by atoms with Crippen molar-refractivity contribution in [1.29, 1.82) is 0 Å². The van der Waals surface area contributed by atoms with E-state index in [1.165, 1.54) is 0 Å². The molecule has 1 aliphatic rings. The van der Waals surface area contributed by atoms with Crippen LogP contribution in [0.1, 0.15) is 29.9 Å². The van der Waals surface area contributed by atoms with E-state index in [1.807, 2.05) is 31.2 Å². The highest BCUT2D eigenvalue weighted by molar-refractivity contribution is 6.16. The molecule has 2 aromatic heterocycles. The number of carbonyl (C=O) groups is 1. The minimum absolute atomic E-state index is 0.146. The smallest absolute Gasteiger partial charge is 0.214 e. The van der Waals surface area contributed by atoms with Gasteiger partial charge in [-0.15, -0.1) is 0 Å². The van der Waals surface area contributed by atoms with Gasteiger partial charge in [0.1, 0.15) is 11.8 Å². The zero-order valence-corrected chi connectivity index (χ0v) is 13.3. The molecule has 3 aromatic rings. The van der Waals surface area contributed by atoms with Crippen LogP contribution in [0.3, 0.4) is 0 Å². The zero-order valence-electron chi connectivity index (χ0n) is 13.3. The third kappa shape index (κ3) is 2.24. The molecule has 1 fully saturated rings. The van der Waals surface area contributed by atoms with Gasteiger partial charge in [0.15, 0.2) is 5.79 Å². The molecular weight excluding hydrogens is 292 g/mol. The van der Waals surface area contributed by atoms with Crippen molar-refractivity contribution in [3.8, 4) is 0 Å². The number of rotatable bonds is 2. The number of aromatic amines is 1. The Hall–Kier alpha value is -2.24. The Morgan fingerprint density at radius 2 is 2.13 bits per heavy atom. The van der Waals surface area contributed by atoms with Crippen LogP contribution in [0.25, 0.3) is 21.8 Å². The number of hydrogen-bond donors (Lipinski definition) is 1. The van der Waals surface area contributed by atoms with Crippen LogP contribution in [-0.4, -0.2) is 34.2 Å². The van der Waals surface area contributed by atoms with Gasteiger partial charge in [0.25, 0.3) is 0 Å². The van der Waals surface area contributed by atoms with Crippen molar-refractivity contribution in [1.82, 2.24) is 9.97 Å². The molecule has 0 radical (unpaired) electrons. The summed E-state index contributed by atoms with van der Waals surface area (Å²) in [6.45, 7) is 5.87. The molecule has 1 saturated heterocycles. The van der Waals surface area contributed by atoms with Crippen LogP contribution in [0.4, 0.5) is 0 Å². The number of ether oxygens (including phenoxy) is 2. The average molecular weight is 310 g/mol. The summed E-state index contributed by atoms with van der Waals surface area (Å²) < 4.78 is 11.2. The maximum absolute atomic E-state index is 12.8. The molecule has 23 heavy (non-hydrogen) atoms. The Morgan fingerprint density at radius 1 is 1.35 bits per heavy atom. The maximum Gasteiger partial charge on any atom is 0.214 e. The monoisotopic (exact) mass is 310 g/mol. The molecule has 1 N–H and O–H groups in total. The molecule has 0 saturated carbocycles. The number of fused-ring (bicyclic) bond motifs is 3. The van der Waals surface area contributed by atoms with Gasteiger partial charge in [-0.25, -0.2) is 0 Å². The van der Waals surface area contributed by atoms with E-state index in [0.29, 0.717) is 5.69 Å². The standard InChI is InChI=1S/C18H18N2O3/c1-10-8-19-16(17(21)13-9-22-18(2,3)23-13)15-14(10)11-6-4-5-7-12(11)20-15/h4-8,13,20H,9H2,1-3H3/t13-/m0/s1. The van der Waals surface area contributed by atoms with E-state index in [4.69, 9.17) is 9.47 Å². The number of nitrogens with zero attached hydrogens (tertiary/aromatic N) is 1. The Labute approximate surface area is 133 Å². The topological polar surface area (TPSA) is 64.2 Å². The zero-order chi connectivity index (χ0) is 16.2. The van der Waals surface area contributed by atoms with E-state index in [0.717, 1.165) is 27.4 Å². The Morgan fingerprint density at radius 3 is 2.87 bits per heavy atom. The van der Waals surface area contributed by atoms with Gasteiger partial charge in [-0.3, -0.25) is 9.78 Å². The van der Waals surface area contributed by atoms with Gasteiger partial charge in [-0.05, 0) is 32.4 Å². The molecule has 5 heteroatoms. The fraction of sp³-hybridized carbons (Fsp3) is 0.333. The molecular formula is C18H18N2O3. The molecule has 1 atom stereocenters. The van der Waals surface area contributed by atoms with E-state index in [2.05, 4.69) is 9.97 Å². The highest BCUT2D eigenvalue weighted by atomic mass is 16.7. The van der Waals surface area contributed by atoms with Crippen LogP contribution < -0.4 is 0 Å². The summed E-state index contributed by atoms with van der Waals surface area (Å²) in [5.41, 5.74) is 3.21. The molecule has 5 nitrogen and oxygen atoms in total. The van der Waals surface area contributed by atoms with Gasteiger partial charge >= 0.3 is 0 Å². The van der Waals surface area contributed by atoms with E-state index >= 15 is 0 Å². The van der Waals surface area contributed by atoms with Gasteiger partial charge in [-0.2, -0.15) is 0 Å². The predicted octanol–water partition coefficient (Wildman–Crippen LogP) is 3.36. The highest BCUT2D eigenvalue weighted by Gasteiger charge is 2.38. The fourth-order valence-corrected chi connectivity index (χ4v) is 3.18. The maximum atomic E-state index is 12.8. The molecule has 3 heterocycles. The number of carbonyl (C=O) groups excluding carboxylic acids is 1. The van der Waals surface area contributed by atoms with Crippen LogP contribution in [0.15, 0.2) is 30.5 Å². The molecule has 0 spiro atoms. The second-order valence-electron chi connectivity index (χ2n) is 6.39. The quantitative estimate of drug-likeness (QED) is 0.737. The molecule has 118 valence electrons. The molecule has 1 aliphatic heterocycles. The van der Waals surface area contributed by atoms with E-state index < -0.39 is 11.9 Å². The molecule has 4 rings (SSSR count).